The van der Waals surface area contributed by atoms with Crippen molar-refractivity contribution in [2.45, 2.75) is 4.90 Å². The maximum absolute atomic E-state index is 12.6. The van der Waals surface area contributed by atoms with E-state index in [-0.39, 0.29) is 10.6 Å². The third-order valence-electron chi connectivity index (χ3n) is 3.50. The van der Waals surface area contributed by atoms with Gasteiger partial charge in [0.1, 0.15) is 16.5 Å². The van der Waals surface area contributed by atoms with E-state index >= 15 is 0 Å². The SMILES string of the molecule is COc1ccc(Cl)cc1S(=O)(=O)Nc1ccc(C2=NCCN2)cc1. The Hall–Kier alpha value is -2.25. The molecule has 2 N–H and O–H groups in total. The number of hydrogen-bond acceptors (Lipinski definition) is 5. The van der Waals surface area contributed by atoms with Crippen molar-refractivity contribution in [1.29, 1.82) is 0 Å². The molecule has 6 nitrogen and oxygen atoms in total. The van der Waals surface area contributed by atoms with Crippen LogP contribution in [0.1, 0.15) is 5.56 Å². The molecular formula is C16H16ClN3O3S. The Morgan fingerprint density at radius 1 is 1.21 bits per heavy atom. The van der Waals surface area contributed by atoms with E-state index in [1.54, 1.807) is 18.2 Å². The van der Waals surface area contributed by atoms with Crippen LogP contribution in [0.2, 0.25) is 5.02 Å². The van der Waals surface area contributed by atoms with Gasteiger partial charge in [0.15, 0.2) is 0 Å². The first-order chi connectivity index (χ1) is 11.5. The molecule has 8 heteroatoms. The quantitative estimate of drug-likeness (QED) is 0.853. The van der Waals surface area contributed by atoms with E-state index in [9.17, 15) is 8.42 Å². The largest absolute Gasteiger partial charge is 0.495 e. The predicted molar refractivity (Wildman–Crippen MR) is 94.7 cm³/mol. The fraction of sp³-hybridized carbons (Fsp3) is 0.188. The lowest BCUT2D eigenvalue weighted by molar-refractivity contribution is 0.403. The van der Waals surface area contributed by atoms with E-state index in [2.05, 4.69) is 15.0 Å². The summed E-state index contributed by atoms with van der Waals surface area (Å²) in [5, 5.41) is 3.48. The smallest absolute Gasteiger partial charge is 0.265 e. The van der Waals surface area contributed by atoms with Crippen molar-refractivity contribution < 1.29 is 13.2 Å². The average Bonchev–Trinajstić information content (AvgIpc) is 3.10. The van der Waals surface area contributed by atoms with Gasteiger partial charge in [-0.1, -0.05) is 11.6 Å². The van der Waals surface area contributed by atoms with E-state index < -0.39 is 10.0 Å². The molecule has 0 spiro atoms. The van der Waals surface area contributed by atoms with Gasteiger partial charge in [0.2, 0.25) is 0 Å². The minimum absolute atomic E-state index is 0.0107. The molecule has 2 aromatic carbocycles. The molecule has 1 heterocycles. The molecule has 0 bridgehead atoms. The van der Waals surface area contributed by atoms with Crippen LogP contribution in [0, 0.1) is 0 Å². The molecule has 1 aliphatic heterocycles. The number of sulfonamides is 1. The van der Waals surface area contributed by atoms with Crippen LogP contribution in [0.4, 0.5) is 5.69 Å². The zero-order valence-electron chi connectivity index (χ0n) is 12.9. The second-order valence-corrected chi connectivity index (χ2v) is 7.22. The summed E-state index contributed by atoms with van der Waals surface area (Å²) in [7, 11) is -2.41. The van der Waals surface area contributed by atoms with Crippen LogP contribution >= 0.6 is 11.6 Å². The van der Waals surface area contributed by atoms with Crippen molar-refractivity contribution in [3.8, 4) is 5.75 Å². The summed E-state index contributed by atoms with van der Waals surface area (Å²) in [6.07, 6.45) is 0. The fourth-order valence-electron chi connectivity index (χ4n) is 2.36. The number of ether oxygens (including phenoxy) is 1. The highest BCUT2D eigenvalue weighted by Gasteiger charge is 2.20. The molecule has 0 atom stereocenters. The first-order valence-corrected chi connectivity index (χ1v) is 9.11. The molecule has 3 rings (SSSR count). The Morgan fingerprint density at radius 3 is 2.58 bits per heavy atom. The maximum atomic E-state index is 12.6. The molecule has 0 saturated carbocycles. The number of methoxy groups -OCH3 is 1. The predicted octanol–water partition coefficient (Wildman–Crippen LogP) is 2.50. The standard InChI is InChI=1S/C16H16ClN3O3S/c1-23-14-7-4-12(17)10-15(14)24(21,22)20-13-5-2-11(3-6-13)16-18-8-9-19-16/h2-7,10,20H,8-9H2,1H3,(H,18,19). The number of halogens is 1. The second-order valence-electron chi connectivity index (χ2n) is 5.14. The van der Waals surface area contributed by atoms with Gasteiger partial charge in [0.25, 0.3) is 10.0 Å². The van der Waals surface area contributed by atoms with Gasteiger partial charge in [-0.3, -0.25) is 9.71 Å². The van der Waals surface area contributed by atoms with E-state index in [4.69, 9.17) is 16.3 Å². The van der Waals surface area contributed by atoms with E-state index in [1.165, 1.54) is 19.2 Å². The molecule has 0 amide bonds. The van der Waals surface area contributed by atoms with Crippen molar-refractivity contribution in [1.82, 2.24) is 5.32 Å². The summed E-state index contributed by atoms with van der Waals surface area (Å²) in [5.41, 5.74) is 1.36. The van der Waals surface area contributed by atoms with Crippen LogP contribution in [-0.2, 0) is 10.0 Å². The highest BCUT2D eigenvalue weighted by atomic mass is 35.5. The lowest BCUT2D eigenvalue weighted by Gasteiger charge is -2.12. The van der Waals surface area contributed by atoms with Gasteiger partial charge in [0.05, 0.1) is 13.7 Å². The van der Waals surface area contributed by atoms with E-state index in [0.717, 1.165) is 24.5 Å². The molecule has 0 aliphatic carbocycles. The van der Waals surface area contributed by atoms with Crippen molar-refractivity contribution in [2.24, 2.45) is 4.99 Å². The molecule has 0 radical (unpaired) electrons. The van der Waals surface area contributed by atoms with Crippen molar-refractivity contribution >= 4 is 33.1 Å². The first-order valence-electron chi connectivity index (χ1n) is 7.25. The lowest BCUT2D eigenvalue weighted by Crippen LogP contribution is -2.19. The Morgan fingerprint density at radius 2 is 1.96 bits per heavy atom. The summed E-state index contributed by atoms with van der Waals surface area (Å²) in [6, 6.07) is 11.4. The molecule has 0 unspecified atom stereocenters. The van der Waals surface area contributed by atoms with Gasteiger partial charge in [-0.05, 0) is 42.5 Å². The second kappa shape index (κ2) is 6.70. The van der Waals surface area contributed by atoms with Crippen LogP contribution in [0.5, 0.6) is 5.75 Å². The Kier molecular flexibility index (Phi) is 4.64. The van der Waals surface area contributed by atoms with Crippen LogP contribution in [0.25, 0.3) is 0 Å². The van der Waals surface area contributed by atoms with Crippen LogP contribution in [-0.4, -0.2) is 34.5 Å². The Balaban J connectivity index is 1.86. The van der Waals surface area contributed by atoms with Crippen LogP contribution in [0.15, 0.2) is 52.4 Å². The normalized spacial score (nSPS) is 14.0. The number of amidine groups is 1. The third kappa shape index (κ3) is 3.47. The number of rotatable bonds is 5. The minimum atomic E-state index is -3.82. The summed E-state index contributed by atoms with van der Waals surface area (Å²) in [4.78, 5) is 4.32. The highest BCUT2D eigenvalue weighted by Crippen LogP contribution is 2.28. The monoisotopic (exact) mass is 365 g/mol. The molecule has 0 saturated heterocycles. The van der Waals surface area contributed by atoms with Crippen molar-refractivity contribution in [2.75, 3.05) is 24.9 Å². The number of nitrogens with one attached hydrogen (secondary N) is 2. The molecule has 1 aliphatic rings. The van der Waals surface area contributed by atoms with Crippen LogP contribution < -0.4 is 14.8 Å². The molecule has 2 aromatic rings. The lowest BCUT2D eigenvalue weighted by atomic mass is 10.2. The zero-order valence-corrected chi connectivity index (χ0v) is 14.5. The topological polar surface area (TPSA) is 79.8 Å². The summed E-state index contributed by atoms with van der Waals surface area (Å²) >= 11 is 5.91. The first kappa shape index (κ1) is 16.6. The van der Waals surface area contributed by atoms with Gasteiger partial charge >= 0.3 is 0 Å². The Bertz CT molecular complexity index is 880. The van der Waals surface area contributed by atoms with Crippen molar-refractivity contribution in [3.05, 3.63) is 53.1 Å². The molecule has 0 fully saturated rings. The minimum Gasteiger partial charge on any atom is -0.495 e. The van der Waals surface area contributed by atoms with E-state index in [1.807, 2.05) is 12.1 Å². The fourth-order valence-corrected chi connectivity index (χ4v) is 3.85. The van der Waals surface area contributed by atoms with Gasteiger partial charge in [0, 0.05) is 22.8 Å². The van der Waals surface area contributed by atoms with E-state index in [0.29, 0.717) is 10.7 Å². The maximum Gasteiger partial charge on any atom is 0.265 e. The Labute approximate surface area is 145 Å². The zero-order chi connectivity index (χ0) is 17.2. The van der Waals surface area contributed by atoms with Gasteiger partial charge in [-0.25, -0.2) is 8.42 Å². The number of hydrogen-bond donors (Lipinski definition) is 2. The number of aliphatic imine (C=N–C) groups is 1. The number of benzene rings is 2. The van der Waals surface area contributed by atoms with Gasteiger partial charge in [-0.15, -0.1) is 0 Å². The van der Waals surface area contributed by atoms with Gasteiger partial charge < -0.3 is 10.1 Å². The summed E-state index contributed by atoms with van der Waals surface area (Å²) in [6.45, 7) is 1.57. The molecular weight excluding hydrogens is 350 g/mol. The number of anilines is 1. The van der Waals surface area contributed by atoms with Crippen LogP contribution in [0.3, 0.4) is 0 Å². The average molecular weight is 366 g/mol. The molecule has 126 valence electrons. The third-order valence-corrected chi connectivity index (χ3v) is 5.14. The summed E-state index contributed by atoms with van der Waals surface area (Å²) < 4.78 is 32.8. The summed E-state index contributed by atoms with van der Waals surface area (Å²) in [5.74, 6) is 1.05. The molecule has 24 heavy (non-hydrogen) atoms. The molecule has 0 aromatic heterocycles. The highest BCUT2D eigenvalue weighted by molar-refractivity contribution is 7.92. The number of nitrogens with zero attached hydrogens (tertiary/aromatic N) is 1. The van der Waals surface area contributed by atoms with Crippen molar-refractivity contribution in [3.63, 3.8) is 0 Å². The van der Waals surface area contributed by atoms with Gasteiger partial charge in [-0.2, -0.15) is 0 Å².